The molecule has 0 aromatic rings. The second-order valence-electron chi connectivity index (χ2n) is 2.58. The normalized spacial score (nSPS) is 20.5. The van der Waals surface area contributed by atoms with Crippen molar-refractivity contribution in [2.45, 2.75) is 17.3 Å². The van der Waals surface area contributed by atoms with Crippen molar-refractivity contribution in [2.75, 3.05) is 6.54 Å². The number of alkyl halides is 1. The van der Waals surface area contributed by atoms with E-state index in [0.29, 0.717) is 10.3 Å². The van der Waals surface area contributed by atoms with Crippen molar-refractivity contribution in [1.82, 2.24) is 4.90 Å². The summed E-state index contributed by atoms with van der Waals surface area (Å²) in [4.78, 5) is 12.9. The lowest BCUT2D eigenvalue weighted by Crippen LogP contribution is -2.26. The van der Waals surface area contributed by atoms with E-state index in [2.05, 4.69) is 45.4 Å². The van der Waals surface area contributed by atoms with Crippen LogP contribution in [0, 0.1) is 0 Å². The highest BCUT2D eigenvalue weighted by atomic mass is 127. The molecule has 1 atom stereocenters. The van der Waals surface area contributed by atoms with Crippen LogP contribution >= 0.6 is 38.5 Å². The van der Waals surface area contributed by atoms with Gasteiger partial charge in [0.2, 0.25) is 5.91 Å². The fourth-order valence-electron chi connectivity index (χ4n) is 0.958. The van der Waals surface area contributed by atoms with Gasteiger partial charge in [0.25, 0.3) is 0 Å². The Balaban J connectivity index is 2.52. The summed E-state index contributed by atoms with van der Waals surface area (Å²) in [5.74, 6) is 0.195. The van der Waals surface area contributed by atoms with E-state index < -0.39 is 0 Å². The van der Waals surface area contributed by atoms with Gasteiger partial charge in [0.05, 0.1) is 6.42 Å². The summed E-state index contributed by atoms with van der Waals surface area (Å²) in [6, 6.07) is 0. The molecule has 0 radical (unpaired) electrons. The van der Waals surface area contributed by atoms with Crippen LogP contribution < -0.4 is 0 Å². The van der Waals surface area contributed by atoms with Gasteiger partial charge >= 0.3 is 0 Å². The maximum atomic E-state index is 11.2. The van der Waals surface area contributed by atoms with Crippen LogP contribution in [0.2, 0.25) is 0 Å². The fraction of sp³-hybridized carbons (Fsp3) is 0.571. The highest BCUT2D eigenvalue weighted by Gasteiger charge is 2.20. The van der Waals surface area contributed by atoms with E-state index in [1.165, 1.54) is 0 Å². The zero-order valence-corrected chi connectivity index (χ0v) is 9.92. The molecule has 1 aliphatic rings. The molecule has 1 aliphatic heterocycles. The Bertz CT molecular complexity index is 203. The Kier molecular flexibility index (Phi) is 3.36. The predicted octanol–water partition coefficient (Wildman–Crippen LogP) is 2.28. The summed E-state index contributed by atoms with van der Waals surface area (Å²) < 4.78 is 1.49. The number of halogens is 2. The second kappa shape index (κ2) is 3.89. The van der Waals surface area contributed by atoms with Crippen LogP contribution in [-0.2, 0) is 4.79 Å². The fourth-order valence-corrected chi connectivity index (χ4v) is 1.87. The van der Waals surface area contributed by atoms with Crippen LogP contribution in [0.4, 0.5) is 0 Å². The van der Waals surface area contributed by atoms with Gasteiger partial charge < -0.3 is 4.90 Å². The molecule has 0 spiro atoms. The van der Waals surface area contributed by atoms with E-state index in [4.69, 9.17) is 0 Å². The highest BCUT2D eigenvalue weighted by molar-refractivity contribution is 14.1. The number of rotatable bonds is 2. The summed E-state index contributed by atoms with van der Waals surface area (Å²) in [7, 11) is 0. The molecule has 0 aliphatic carbocycles. The van der Waals surface area contributed by atoms with E-state index in [9.17, 15) is 4.79 Å². The van der Waals surface area contributed by atoms with Gasteiger partial charge in [-0.25, -0.2) is 0 Å². The first-order valence-electron chi connectivity index (χ1n) is 3.39. The molecule has 4 heteroatoms. The lowest BCUT2D eigenvalue weighted by molar-refractivity contribution is -0.126. The maximum Gasteiger partial charge on any atom is 0.231 e. The average molecular weight is 330 g/mol. The summed E-state index contributed by atoms with van der Waals surface area (Å²) in [5.41, 5.74) is 0. The topological polar surface area (TPSA) is 20.3 Å². The third kappa shape index (κ3) is 2.74. The van der Waals surface area contributed by atoms with Crippen LogP contribution in [0.5, 0.6) is 0 Å². The summed E-state index contributed by atoms with van der Waals surface area (Å²) in [6.07, 6.45) is 2.40. The van der Waals surface area contributed by atoms with E-state index in [-0.39, 0.29) is 5.91 Å². The predicted molar refractivity (Wildman–Crippen MR) is 56.8 cm³/mol. The minimum absolute atomic E-state index is 0.195. The van der Waals surface area contributed by atoms with Gasteiger partial charge in [0.1, 0.15) is 0 Å². The number of amides is 1. The van der Waals surface area contributed by atoms with Gasteiger partial charge in [0.15, 0.2) is 0 Å². The van der Waals surface area contributed by atoms with Gasteiger partial charge in [-0.15, -0.1) is 0 Å². The van der Waals surface area contributed by atoms with Gasteiger partial charge in [-0.1, -0.05) is 45.4 Å². The minimum Gasteiger partial charge on any atom is -0.317 e. The molecule has 1 amide bonds. The third-order valence-corrected chi connectivity index (χ3v) is 2.26. The molecule has 1 unspecified atom stereocenters. The molecule has 0 aromatic carbocycles. The zero-order chi connectivity index (χ0) is 8.43. The molecule has 62 valence electrons. The Morgan fingerprint density at radius 1 is 1.91 bits per heavy atom. The Hall–Kier alpha value is 0.420. The number of hydrogen-bond donors (Lipinski definition) is 0. The van der Waals surface area contributed by atoms with Gasteiger partial charge in [-0.2, -0.15) is 0 Å². The van der Waals surface area contributed by atoms with Crippen LogP contribution in [0.1, 0.15) is 13.3 Å². The number of hydrogen-bond acceptors (Lipinski definition) is 1. The quantitative estimate of drug-likeness (QED) is 0.562. The molecule has 0 fully saturated rings. The first-order chi connectivity index (χ1) is 5.09. The van der Waals surface area contributed by atoms with Crippen molar-refractivity contribution >= 4 is 44.4 Å². The highest BCUT2D eigenvalue weighted by Crippen LogP contribution is 2.21. The first kappa shape index (κ1) is 9.51. The molecular formula is C7H9BrINO. The standard InChI is InChI=1S/C7H9BrINO/c1-5(9)3-10-4-6(8)2-7(10)11/h4-5H,2-3H2,1H3. The smallest absolute Gasteiger partial charge is 0.231 e. The number of carbonyl (C=O) groups is 1. The SMILES string of the molecule is CC(I)CN1C=C(Br)CC1=O. The van der Waals surface area contributed by atoms with Crippen molar-refractivity contribution in [3.8, 4) is 0 Å². The van der Waals surface area contributed by atoms with Gasteiger partial charge in [0, 0.05) is 21.2 Å². The van der Waals surface area contributed by atoms with Crippen LogP contribution in [-0.4, -0.2) is 21.3 Å². The van der Waals surface area contributed by atoms with Gasteiger partial charge in [-0.05, 0) is 0 Å². The molecule has 11 heavy (non-hydrogen) atoms. The molecule has 1 heterocycles. The molecule has 0 saturated carbocycles. The first-order valence-corrected chi connectivity index (χ1v) is 5.43. The Labute approximate surface area is 88.3 Å². The van der Waals surface area contributed by atoms with Crippen molar-refractivity contribution in [2.24, 2.45) is 0 Å². The molecule has 0 aromatic heterocycles. The second-order valence-corrected chi connectivity index (χ2v) is 5.72. The largest absolute Gasteiger partial charge is 0.317 e. The summed E-state index contributed by atoms with van der Waals surface area (Å²) in [5, 5.41) is 0. The molecule has 2 nitrogen and oxygen atoms in total. The number of carbonyl (C=O) groups excluding carboxylic acids is 1. The summed E-state index contributed by atoms with van der Waals surface area (Å²) >= 11 is 5.62. The summed E-state index contributed by atoms with van der Waals surface area (Å²) in [6.45, 7) is 2.91. The minimum atomic E-state index is 0.195. The maximum absolute atomic E-state index is 11.2. The Morgan fingerprint density at radius 2 is 2.55 bits per heavy atom. The van der Waals surface area contributed by atoms with E-state index in [1.54, 1.807) is 4.90 Å². The monoisotopic (exact) mass is 329 g/mol. The lowest BCUT2D eigenvalue weighted by atomic mass is 10.4. The van der Waals surface area contributed by atoms with Gasteiger partial charge in [-0.3, -0.25) is 4.79 Å². The number of nitrogens with zero attached hydrogens (tertiary/aromatic N) is 1. The van der Waals surface area contributed by atoms with Crippen molar-refractivity contribution in [3.05, 3.63) is 10.7 Å². The van der Waals surface area contributed by atoms with Crippen LogP contribution in [0.3, 0.4) is 0 Å². The molecule has 0 bridgehead atoms. The van der Waals surface area contributed by atoms with Crippen molar-refractivity contribution in [1.29, 1.82) is 0 Å². The third-order valence-electron chi connectivity index (χ3n) is 1.38. The lowest BCUT2D eigenvalue weighted by Gasteiger charge is -2.14. The molecule has 1 rings (SSSR count). The van der Waals surface area contributed by atoms with E-state index in [0.717, 1.165) is 11.0 Å². The van der Waals surface area contributed by atoms with Crippen LogP contribution in [0.15, 0.2) is 10.7 Å². The zero-order valence-electron chi connectivity index (χ0n) is 6.18. The molecule has 0 N–H and O–H groups in total. The van der Waals surface area contributed by atoms with E-state index in [1.807, 2.05) is 6.20 Å². The van der Waals surface area contributed by atoms with Crippen molar-refractivity contribution in [3.63, 3.8) is 0 Å². The molecule has 0 saturated heterocycles. The van der Waals surface area contributed by atoms with E-state index >= 15 is 0 Å². The average Bonchev–Trinajstić information content (AvgIpc) is 2.09. The molecular weight excluding hydrogens is 321 g/mol. The van der Waals surface area contributed by atoms with Crippen LogP contribution in [0.25, 0.3) is 0 Å². The van der Waals surface area contributed by atoms with Crippen molar-refractivity contribution < 1.29 is 4.79 Å². The Morgan fingerprint density at radius 3 is 2.91 bits per heavy atom.